The Morgan fingerprint density at radius 3 is 2.89 bits per heavy atom. The number of hydrogen-bond acceptors (Lipinski definition) is 2. The third-order valence-corrected chi connectivity index (χ3v) is 3.41. The minimum atomic E-state index is -0.0345. The van der Waals surface area contributed by atoms with Gasteiger partial charge in [-0.25, -0.2) is 4.98 Å². The van der Waals surface area contributed by atoms with E-state index < -0.39 is 0 Å². The Bertz CT molecular complexity index is 642. The molecule has 0 fully saturated rings. The number of nitrogens with one attached hydrogen (secondary N) is 1. The van der Waals surface area contributed by atoms with E-state index in [4.69, 9.17) is 0 Å². The molecular formula is C14H15N3O. The molecule has 4 heteroatoms. The zero-order valence-electron chi connectivity index (χ0n) is 10.7. The Morgan fingerprint density at radius 1 is 1.33 bits per heavy atom. The molecule has 2 heterocycles. The molecule has 0 saturated heterocycles. The zero-order valence-corrected chi connectivity index (χ0v) is 10.7. The number of benzene rings is 1. The van der Waals surface area contributed by atoms with Crippen LogP contribution in [0.5, 0.6) is 0 Å². The molecule has 0 saturated carbocycles. The van der Waals surface area contributed by atoms with Crippen LogP contribution in [-0.4, -0.2) is 15.5 Å². The van der Waals surface area contributed by atoms with Crippen LogP contribution in [0.15, 0.2) is 24.5 Å². The summed E-state index contributed by atoms with van der Waals surface area (Å²) in [6.45, 7) is 5.94. The van der Waals surface area contributed by atoms with Crippen LogP contribution < -0.4 is 5.32 Å². The lowest BCUT2D eigenvalue weighted by atomic mass is 10.1. The van der Waals surface area contributed by atoms with Gasteiger partial charge in [0.05, 0.1) is 35.0 Å². The van der Waals surface area contributed by atoms with Gasteiger partial charge in [-0.2, -0.15) is 0 Å². The van der Waals surface area contributed by atoms with Gasteiger partial charge in [-0.1, -0.05) is 11.6 Å². The lowest BCUT2D eigenvalue weighted by Gasteiger charge is -2.11. The summed E-state index contributed by atoms with van der Waals surface area (Å²) in [5.41, 5.74) is 4.69. The summed E-state index contributed by atoms with van der Waals surface area (Å²) in [4.78, 5) is 16.5. The van der Waals surface area contributed by atoms with Crippen molar-refractivity contribution < 1.29 is 4.79 Å². The normalized spacial score (nSPS) is 17.7. The number of imidazole rings is 1. The third-order valence-electron chi connectivity index (χ3n) is 3.41. The van der Waals surface area contributed by atoms with Gasteiger partial charge in [-0.3, -0.25) is 4.79 Å². The van der Waals surface area contributed by atoms with E-state index in [2.05, 4.69) is 10.3 Å². The van der Waals surface area contributed by atoms with Crippen LogP contribution in [0.4, 0.5) is 0 Å². The van der Waals surface area contributed by atoms with E-state index in [1.165, 1.54) is 0 Å². The van der Waals surface area contributed by atoms with Gasteiger partial charge in [-0.15, -0.1) is 0 Å². The standard InChI is InChI=1S/C14H15N3O/c1-8-4-5-12-11(6-8)14(18)16-10(3)13-9(2)15-7-17(12)13/h4-7,10H,1-3H3,(H,16,18). The maximum Gasteiger partial charge on any atom is 0.253 e. The molecule has 3 rings (SSSR count). The van der Waals surface area contributed by atoms with Crippen molar-refractivity contribution in [1.29, 1.82) is 0 Å². The van der Waals surface area contributed by atoms with Crippen LogP contribution in [0.2, 0.25) is 0 Å². The van der Waals surface area contributed by atoms with Crippen molar-refractivity contribution in [2.24, 2.45) is 0 Å². The Balaban J connectivity index is 2.33. The molecule has 2 aromatic rings. The van der Waals surface area contributed by atoms with Crippen molar-refractivity contribution in [1.82, 2.24) is 14.9 Å². The number of carbonyl (C=O) groups excluding carboxylic acids is 1. The van der Waals surface area contributed by atoms with Gasteiger partial charge in [-0.05, 0) is 32.9 Å². The maximum absolute atomic E-state index is 12.2. The van der Waals surface area contributed by atoms with Crippen molar-refractivity contribution in [2.75, 3.05) is 0 Å². The SMILES string of the molecule is Cc1ccc2c(c1)C(=O)NC(C)c1c(C)ncn1-2. The second-order valence-corrected chi connectivity index (χ2v) is 4.80. The van der Waals surface area contributed by atoms with Crippen LogP contribution in [0.1, 0.15) is 40.3 Å². The molecule has 92 valence electrons. The Hall–Kier alpha value is -2.10. The zero-order chi connectivity index (χ0) is 12.9. The average Bonchev–Trinajstić information content (AvgIpc) is 2.66. The molecule has 1 aliphatic heterocycles. The van der Waals surface area contributed by atoms with Gasteiger partial charge in [0.2, 0.25) is 0 Å². The van der Waals surface area contributed by atoms with E-state index >= 15 is 0 Å². The minimum Gasteiger partial charge on any atom is -0.344 e. The first-order valence-electron chi connectivity index (χ1n) is 6.03. The first-order chi connectivity index (χ1) is 8.58. The van der Waals surface area contributed by atoms with Crippen molar-refractivity contribution in [3.05, 3.63) is 47.0 Å². The highest BCUT2D eigenvalue weighted by Gasteiger charge is 2.25. The highest BCUT2D eigenvalue weighted by Crippen LogP contribution is 2.27. The van der Waals surface area contributed by atoms with Crippen molar-refractivity contribution in [3.8, 4) is 5.69 Å². The topological polar surface area (TPSA) is 46.9 Å². The molecule has 1 aliphatic rings. The third kappa shape index (κ3) is 1.45. The maximum atomic E-state index is 12.2. The van der Waals surface area contributed by atoms with E-state index in [0.29, 0.717) is 5.56 Å². The number of aryl methyl sites for hydroxylation is 2. The highest BCUT2D eigenvalue weighted by molar-refractivity contribution is 5.98. The molecule has 1 unspecified atom stereocenters. The molecule has 0 bridgehead atoms. The smallest absolute Gasteiger partial charge is 0.253 e. The number of carbonyl (C=O) groups is 1. The van der Waals surface area contributed by atoms with Crippen LogP contribution in [0, 0.1) is 13.8 Å². The number of nitrogens with zero attached hydrogens (tertiary/aromatic N) is 2. The number of aromatic nitrogens is 2. The second-order valence-electron chi connectivity index (χ2n) is 4.80. The van der Waals surface area contributed by atoms with Gasteiger partial charge in [0.15, 0.2) is 0 Å². The summed E-state index contributed by atoms with van der Waals surface area (Å²) >= 11 is 0. The minimum absolute atomic E-state index is 0.0238. The van der Waals surface area contributed by atoms with Crippen LogP contribution in [0.25, 0.3) is 5.69 Å². The number of hydrogen-bond donors (Lipinski definition) is 1. The first kappa shape index (κ1) is 11.0. The fourth-order valence-corrected chi connectivity index (χ4v) is 2.55. The predicted octanol–water partition coefficient (Wildman–Crippen LogP) is 2.29. The van der Waals surface area contributed by atoms with Crippen molar-refractivity contribution in [3.63, 3.8) is 0 Å². The molecule has 1 amide bonds. The number of fused-ring (bicyclic) bond motifs is 3. The first-order valence-corrected chi connectivity index (χ1v) is 6.03. The summed E-state index contributed by atoms with van der Waals surface area (Å²) < 4.78 is 2.01. The van der Waals surface area contributed by atoms with Crippen LogP contribution in [0.3, 0.4) is 0 Å². The fourth-order valence-electron chi connectivity index (χ4n) is 2.55. The van der Waals surface area contributed by atoms with Gasteiger partial charge in [0, 0.05) is 0 Å². The monoisotopic (exact) mass is 241 g/mol. The second kappa shape index (κ2) is 3.70. The van der Waals surface area contributed by atoms with Gasteiger partial charge < -0.3 is 9.88 Å². The number of amides is 1. The Kier molecular flexibility index (Phi) is 2.26. The van der Waals surface area contributed by atoms with E-state index in [1.54, 1.807) is 6.33 Å². The molecule has 0 radical (unpaired) electrons. The van der Waals surface area contributed by atoms with Gasteiger partial charge >= 0.3 is 0 Å². The van der Waals surface area contributed by atoms with Gasteiger partial charge in [0.1, 0.15) is 0 Å². The molecule has 0 spiro atoms. The van der Waals surface area contributed by atoms with E-state index in [1.807, 2.05) is 43.5 Å². The Labute approximate surface area is 106 Å². The van der Waals surface area contributed by atoms with Crippen molar-refractivity contribution in [2.45, 2.75) is 26.8 Å². The molecule has 4 nitrogen and oxygen atoms in total. The van der Waals surface area contributed by atoms with Gasteiger partial charge in [0.25, 0.3) is 5.91 Å². The lowest BCUT2D eigenvalue weighted by molar-refractivity contribution is 0.0942. The molecule has 1 aromatic heterocycles. The molecule has 1 N–H and O–H groups in total. The lowest BCUT2D eigenvalue weighted by Crippen LogP contribution is -2.25. The van der Waals surface area contributed by atoms with E-state index in [9.17, 15) is 4.79 Å². The molecule has 18 heavy (non-hydrogen) atoms. The molecule has 1 atom stereocenters. The van der Waals surface area contributed by atoms with Crippen LogP contribution in [-0.2, 0) is 0 Å². The quantitative estimate of drug-likeness (QED) is 0.769. The molecule has 0 aliphatic carbocycles. The Morgan fingerprint density at radius 2 is 2.11 bits per heavy atom. The largest absolute Gasteiger partial charge is 0.344 e. The average molecular weight is 241 g/mol. The van der Waals surface area contributed by atoms with E-state index in [-0.39, 0.29) is 11.9 Å². The fraction of sp³-hybridized carbons (Fsp3) is 0.286. The summed E-state index contributed by atoms with van der Waals surface area (Å²) in [6, 6.07) is 5.88. The van der Waals surface area contributed by atoms with Crippen LogP contribution >= 0.6 is 0 Å². The molecular weight excluding hydrogens is 226 g/mol. The van der Waals surface area contributed by atoms with E-state index in [0.717, 1.165) is 22.6 Å². The highest BCUT2D eigenvalue weighted by atomic mass is 16.1. The summed E-state index contributed by atoms with van der Waals surface area (Å²) in [5.74, 6) is -0.0238. The predicted molar refractivity (Wildman–Crippen MR) is 68.9 cm³/mol. The summed E-state index contributed by atoms with van der Waals surface area (Å²) in [5, 5.41) is 3.01. The summed E-state index contributed by atoms with van der Waals surface area (Å²) in [7, 11) is 0. The van der Waals surface area contributed by atoms with Crippen molar-refractivity contribution >= 4 is 5.91 Å². The number of rotatable bonds is 0. The molecule has 1 aromatic carbocycles. The summed E-state index contributed by atoms with van der Waals surface area (Å²) in [6.07, 6.45) is 1.79.